The van der Waals surface area contributed by atoms with Gasteiger partial charge < -0.3 is 15.7 Å². The summed E-state index contributed by atoms with van der Waals surface area (Å²) in [6, 6.07) is 6.70. The van der Waals surface area contributed by atoms with Crippen LogP contribution in [0.15, 0.2) is 24.3 Å². The largest absolute Gasteiger partial charge is 0.395 e. The summed E-state index contributed by atoms with van der Waals surface area (Å²) in [7, 11) is 0. The molecule has 1 aliphatic carbocycles. The molecule has 140 valence electrons. The Labute approximate surface area is 148 Å². The van der Waals surface area contributed by atoms with Crippen molar-refractivity contribution in [3.05, 3.63) is 29.8 Å². The number of amides is 1. The minimum atomic E-state index is -2.59. The molecule has 1 fully saturated rings. The van der Waals surface area contributed by atoms with Crippen LogP contribution in [0.1, 0.15) is 44.6 Å². The zero-order valence-electron chi connectivity index (χ0n) is 14.9. The van der Waals surface area contributed by atoms with Gasteiger partial charge in [0.25, 0.3) is 0 Å². The molecular formula is C19H28F2N2O2. The standard InChI is InChI=1S/C19H28F2N2O2/c1-3-16(18(25)22-15-6-4-13(2)5-7-15)23-17(12-24)14-8-10-19(20,21)11-9-14/h4-7,14,16-17,23-24H,3,8-12H2,1-2H3,(H,22,25). The van der Waals surface area contributed by atoms with E-state index in [1.165, 1.54) is 0 Å². The Bertz CT molecular complexity index is 553. The van der Waals surface area contributed by atoms with E-state index < -0.39 is 12.0 Å². The van der Waals surface area contributed by atoms with E-state index in [0.717, 1.165) is 5.56 Å². The van der Waals surface area contributed by atoms with Crippen LogP contribution in [0.2, 0.25) is 0 Å². The number of hydrogen-bond acceptors (Lipinski definition) is 3. The summed E-state index contributed by atoms with van der Waals surface area (Å²) in [5, 5.41) is 15.7. The first-order valence-corrected chi connectivity index (χ1v) is 8.97. The van der Waals surface area contributed by atoms with Crippen LogP contribution < -0.4 is 10.6 Å². The Morgan fingerprint density at radius 3 is 2.40 bits per heavy atom. The van der Waals surface area contributed by atoms with Gasteiger partial charge in [-0.25, -0.2) is 8.78 Å². The number of alkyl halides is 2. The SMILES string of the molecule is CCC(NC(CO)C1CCC(F)(F)CC1)C(=O)Nc1ccc(C)cc1. The van der Waals surface area contributed by atoms with Crippen LogP contribution in [0.4, 0.5) is 14.5 Å². The molecule has 1 amide bonds. The molecule has 25 heavy (non-hydrogen) atoms. The van der Waals surface area contributed by atoms with Gasteiger partial charge in [-0.2, -0.15) is 0 Å². The number of carbonyl (C=O) groups excluding carboxylic acids is 1. The number of halogens is 2. The number of aryl methyl sites for hydroxylation is 1. The lowest BCUT2D eigenvalue weighted by molar-refractivity contribution is -0.118. The van der Waals surface area contributed by atoms with Gasteiger partial charge in [-0.1, -0.05) is 24.6 Å². The van der Waals surface area contributed by atoms with Gasteiger partial charge in [-0.05, 0) is 44.2 Å². The van der Waals surface area contributed by atoms with Crippen LogP contribution in [-0.4, -0.2) is 35.6 Å². The number of carbonyl (C=O) groups is 1. The topological polar surface area (TPSA) is 61.4 Å². The van der Waals surface area contributed by atoms with E-state index in [-0.39, 0.29) is 37.3 Å². The van der Waals surface area contributed by atoms with Crippen LogP contribution in [-0.2, 0) is 4.79 Å². The maximum atomic E-state index is 13.3. The molecule has 2 unspecified atom stereocenters. The highest BCUT2D eigenvalue weighted by Crippen LogP contribution is 2.37. The fourth-order valence-electron chi connectivity index (χ4n) is 3.31. The number of nitrogens with one attached hydrogen (secondary N) is 2. The van der Waals surface area contributed by atoms with Crippen LogP contribution in [0.3, 0.4) is 0 Å². The second-order valence-corrected chi connectivity index (χ2v) is 6.97. The molecule has 0 aromatic heterocycles. The van der Waals surface area contributed by atoms with E-state index in [2.05, 4.69) is 10.6 Å². The average molecular weight is 354 g/mol. The van der Waals surface area contributed by atoms with Crippen molar-refractivity contribution in [3.8, 4) is 0 Å². The van der Waals surface area contributed by atoms with Crippen molar-refractivity contribution in [3.63, 3.8) is 0 Å². The van der Waals surface area contributed by atoms with Gasteiger partial charge in [-0.3, -0.25) is 4.79 Å². The molecule has 2 rings (SSSR count). The molecule has 0 saturated heterocycles. The predicted octanol–water partition coefficient (Wildman–Crippen LogP) is 3.49. The van der Waals surface area contributed by atoms with E-state index in [1.54, 1.807) is 0 Å². The Morgan fingerprint density at radius 1 is 1.28 bits per heavy atom. The summed E-state index contributed by atoms with van der Waals surface area (Å²) >= 11 is 0. The van der Waals surface area contributed by atoms with E-state index in [4.69, 9.17) is 0 Å². The molecule has 0 heterocycles. The summed E-state index contributed by atoms with van der Waals surface area (Å²) in [6.45, 7) is 3.70. The maximum absolute atomic E-state index is 13.3. The Morgan fingerprint density at radius 2 is 1.88 bits per heavy atom. The molecule has 0 spiro atoms. The minimum Gasteiger partial charge on any atom is -0.395 e. The molecule has 2 atom stereocenters. The lowest BCUT2D eigenvalue weighted by Gasteiger charge is -2.35. The second-order valence-electron chi connectivity index (χ2n) is 6.97. The number of anilines is 1. The van der Waals surface area contributed by atoms with E-state index in [1.807, 2.05) is 38.1 Å². The monoisotopic (exact) mass is 354 g/mol. The maximum Gasteiger partial charge on any atom is 0.248 e. The van der Waals surface area contributed by atoms with Gasteiger partial charge >= 0.3 is 0 Å². The van der Waals surface area contributed by atoms with Crippen molar-refractivity contribution >= 4 is 11.6 Å². The highest BCUT2D eigenvalue weighted by atomic mass is 19.3. The molecule has 1 saturated carbocycles. The van der Waals surface area contributed by atoms with Gasteiger partial charge in [0, 0.05) is 24.6 Å². The van der Waals surface area contributed by atoms with Gasteiger partial charge in [0.15, 0.2) is 0 Å². The first-order valence-electron chi connectivity index (χ1n) is 8.97. The van der Waals surface area contributed by atoms with Crippen LogP contribution in [0.25, 0.3) is 0 Å². The molecule has 1 aromatic rings. The lowest BCUT2D eigenvalue weighted by Crippen LogP contribution is -2.51. The second kappa shape index (κ2) is 8.72. The smallest absolute Gasteiger partial charge is 0.248 e. The fraction of sp³-hybridized carbons (Fsp3) is 0.632. The van der Waals surface area contributed by atoms with E-state index in [0.29, 0.717) is 24.9 Å². The molecule has 0 bridgehead atoms. The molecule has 4 nitrogen and oxygen atoms in total. The molecular weight excluding hydrogens is 326 g/mol. The molecule has 0 radical (unpaired) electrons. The number of rotatable bonds is 7. The predicted molar refractivity (Wildman–Crippen MR) is 94.8 cm³/mol. The van der Waals surface area contributed by atoms with E-state index in [9.17, 15) is 18.7 Å². The van der Waals surface area contributed by atoms with E-state index >= 15 is 0 Å². The molecule has 0 aliphatic heterocycles. The van der Waals surface area contributed by atoms with Gasteiger partial charge in [0.2, 0.25) is 11.8 Å². The van der Waals surface area contributed by atoms with Gasteiger partial charge in [-0.15, -0.1) is 0 Å². The number of aliphatic hydroxyl groups excluding tert-OH is 1. The van der Waals surface area contributed by atoms with Crippen molar-refractivity contribution in [2.75, 3.05) is 11.9 Å². The molecule has 1 aliphatic rings. The van der Waals surface area contributed by atoms with Crippen molar-refractivity contribution in [1.82, 2.24) is 5.32 Å². The van der Waals surface area contributed by atoms with Gasteiger partial charge in [0.1, 0.15) is 0 Å². The lowest BCUT2D eigenvalue weighted by atomic mass is 9.82. The highest BCUT2D eigenvalue weighted by Gasteiger charge is 2.38. The summed E-state index contributed by atoms with van der Waals surface area (Å²) in [6.07, 6.45) is 0.976. The number of hydrogen-bond donors (Lipinski definition) is 3. The zero-order valence-corrected chi connectivity index (χ0v) is 14.9. The Hall–Kier alpha value is -1.53. The molecule has 3 N–H and O–H groups in total. The molecule has 1 aromatic carbocycles. The first kappa shape index (κ1) is 19.8. The summed E-state index contributed by atoms with van der Waals surface area (Å²) in [4.78, 5) is 12.5. The summed E-state index contributed by atoms with van der Waals surface area (Å²) in [5.74, 6) is -2.81. The quantitative estimate of drug-likeness (QED) is 0.702. The van der Waals surface area contributed by atoms with Crippen molar-refractivity contribution in [2.45, 2.75) is 64.0 Å². The third-order valence-electron chi connectivity index (χ3n) is 4.99. The normalized spacial score (nSPS) is 20.0. The third-order valence-corrected chi connectivity index (χ3v) is 4.99. The fourth-order valence-corrected chi connectivity index (χ4v) is 3.31. The van der Waals surface area contributed by atoms with Crippen molar-refractivity contribution < 1.29 is 18.7 Å². The highest BCUT2D eigenvalue weighted by molar-refractivity contribution is 5.94. The van der Waals surface area contributed by atoms with Gasteiger partial charge in [0.05, 0.1) is 12.6 Å². The van der Waals surface area contributed by atoms with Crippen molar-refractivity contribution in [1.29, 1.82) is 0 Å². The third kappa shape index (κ3) is 5.75. The van der Waals surface area contributed by atoms with Crippen LogP contribution in [0, 0.1) is 12.8 Å². The molecule has 6 heteroatoms. The minimum absolute atomic E-state index is 0.0363. The average Bonchev–Trinajstić information content (AvgIpc) is 2.58. The van der Waals surface area contributed by atoms with Crippen LogP contribution in [0.5, 0.6) is 0 Å². The number of aliphatic hydroxyl groups is 1. The summed E-state index contributed by atoms with van der Waals surface area (Å²) in [5.41, 5.74) is 1.83. The summed E-state index contributed by atoms with van der Waals surface area (Å²) < 4.78 is 26.7. The zero-order chi connectivity index (χ0) is 18.4. The van der Waals surface area contributed by atoms with Crippen molar-refractivity contribution in [2.24, 2.45) is 5.92 Å². The van der Waals surface area contributed by atoms with Crippen LogP contribution >= 0.6 is 0 Å². The Kier molecular flexibility index (Phi) is 6.90. The first-order chi connectivity index (χ1) is 11.8. The Balaban J connectivity index is 1.94. The number of benzene rings is 1.